The van der Waals surface area contributed by atoms with Gasteiger partial charge in [0, 0.05) is 22.6 Å². The third kappa shape index (κ3) is 2.06. The highest BCUT2D eigenvalue weighted by Gasteiger charge is 2.60. The molecule has 4 rings (SSSR count). The van der Waals surface area contributed by atoms with Gasteiger partial charge in [-0.15, -0.1) is 0 Å². The molecule has 1 atom stereocenters. The molecule has 1 aromatic rings. The molecule has 1 fully saturated rings. The molecule has 4 nitrogen and oxygen atoms in total. The van der Waals surface area contributed by atoms with E-state index in [1.165, 1.54) is 11.1 Å². The maximum atomic E-state index is 6.15. The first-order valence-corrected chi connectivity index (χ1v) is 9.03. The van der Waals surface area contributed by atoms with Gasteiger partial charge in [0.1, 0.15) is 5.84 Å². The SMILES string of the molecule is COC1CCC2(CC1)Cc1ccc(Br)cc1[C@@]21N=C(C)C(N)=N1. The van der Waals surface area contributed by atoms with E-state index in [4.69, 9.17) is 20.5 Å². The molecular weight excluding hydrogens is 354 g/mol. The molecule has 0 unspecified atom stereocenters. The fraction of sp³-hybridized carbons (Fsp3) is 0.556. The number of hydrogen-bond acceptors (Lipinski definition) is 4. The number of hydrogen-bond donors (Lipinski definition) is 1. The van der Waals surface area contributed by atoms with Gasteiger partial charge in [0.2, 0.25) is 0 Å². The van der Waals surface area contributed by atoms with E-state index in [2.05, 4.69) is 34.1 Å². The predicted octanol–water partition coefficient (Wildman–Crippen LogP) is 3.57. The van der Waals surface area contributed by atoms with Crippen molar-refractivity contribution in [1.82, 2.24) is 0 Å². The molecule has 2 N–H and O–H groups in total. The number of methoxy groups -OCH3 is 1. The Morgan fingerprint density at radius 3 is 2.61 bits per heavy atom. The van der Waals surface area contributed by atoms with E-state index < -0.39 is 5.66 Å². The topological polar surface area (TPSA) is 60.0 Å². The fourth-order valence-electron chi connectivity index (χ4n) is 4.64. The van der Waals surface area contributed by atoms with Crippen LogP contribution in [0.1, 0.15) is 43.7 Å². The predicted molar refractivity (Wildman–Crippen MR) is 96.0 cm³/mol. The molecular formula is C18H22BrN3O. The Balaban J connectivity index is 1.86. The number of fused-ring (bicyclic) bond motifs is 3. The summed E-state index contributed by atoms with van der Waals surface area (Å²) in [7, 11) is 1.81. The lowest BCUT2D eigenvalue weighted by Gasteiger charge is -2.44. The summed E-state index contributed by atoms with van der Waals surface area (Å²) in [5.41, 5.74) is 9.11. The highest BCUT2D eigenvalue weighted by molar-refractivity contribution is 9.10. The van der Waals surface area contributed by atoms with Crippen molar-refractivity contribution >= 4 is 27.5 Å². The number of halogens is 1. The van der Waals surface area contributed by atoms with Crippen LogP contribution >= 0.6 is 15.9 Å². The van der Waals surface area contributed by atoms with Gasteiger partial charge in [0.15, 0.2) is 5.66 Å². The van der Waals surface area contributed by atoms with Crippen LogP contribution in [0.4, 0.5) is 0 Å². The number of rotatable bonds is 1. The summed E-state index contributed by atoms with van der Waals surface area (Å²) in [6.07, 6.45) is 5.67. The largest absolute Gasteiger partial charge is 0.382 e. The number of ether oxygens (including phenoxy) is 1. The van der Waals surface area contributed by atoms with E-state index in [1.54, 1.807) is 0 Å². The second-order valence-corrected chi connectivity index (χ2v) is 7.98. The fourth-order valence-corrected chi connectivity index (χ4v) is 5.00. The van der Waals surface area contributed by atoms with Gasteiger partial charge in [-0.2, -0.15) is 0 Å². The van der Waals surface area contributed by atoms with E-state index in [0.29, 0.717) is 11.9 Å². The van der Waals surface area contributed by atoms with Crippen molar-refractivity contribution < 1.29 is 4.74 Å². The van der Waals surface area contributed by atoms with Gasteiger partial charge in [-0.25, -0.2) is 4.99 Å². The summed E-state index contributed by atoms with van der Waals surface area (Å²) in [4.78, 5) is 9.98. The van der Waals surface area contributed by atoms with Gasteiger partial charge in [0.05, 0.1) is 11.8 Å². The van der Waals surface area contributed by atoms with Crippen LogP contribution in [0.25, 0.3) is 0 Å². The Kier molecular flexibility index (Phi) is 3.43. The highest BCUT2D eigenvalue weighted by atomic mass is 79.9. The van der Waals surface area contributed by atoms with Gasteiger partial charge in [-0.05, 0) is 56.7 Å². The molecule has 2 aliphatic carbocycles. The summed E-state index contributed by atoms with van der Waals surface area (Å²) in [6.45, 7) is 1.97. The highest BCUT2D eigenvalue weighted by Crippen LogP contribution is 2.61. The van der Waals surface area contributed by atoms with Gasteiger partial charge in [0.25, 0.3) is 0 Å². The lowest BCUT2D eigenvalue weighted by atomic mass is 9.65. The third-order valence-electron chi connectivity index (χ3n) is 5.92. The Hall–Kier alpha value is -1.20. The summed E-state index contributed by atoms with van der Waals surface area (Å²) >= 11 is 3.61. The van der Waals surface area contributed by atoms with E-state index in [9.17, 15) is 0 Å². The summed E-state index contributed by atoms with van der Waals surface area (Å²) in [5.74, 6) is 0.589. The maximum absolute atomic E-state index is 6.15. The van der Waals surface area contributed by atoms with Crippen molar-refractivity contribution in [1.29, 1.82) is 0 Å². The zero-order valence-electron chi connectivity index (χ0n) is 13.6. The van der Waals surface area contributed by atoms with E-state index in [1.807, 2.05) is 14.0 Å². The van der Waals surface area contributed by atoms with E-state index in [0.717, 1.165) is 42.3 Å². The van der Waals surface area contributed by atoms with Crippen molar-refractivity contribution in [3.05, 3.63) is 33.8 Å². The molecule has 2 spiro atoms. The Bertz CT molecular complexity index is 699. The summed E-state index contributed by atoms with van der Waals surface area (Å²) in [5, 5.41) is 0. The van der Waals surface area contributed by atoms with Gasteiger partial charge in [-0.3, -0.25) is 4.99 Å². The molecule has 0 amide bonds. The number of aliphatic imine (C=N–C) groups is 2. The summed E-state index contributed by atoms with van der Waals surface area (Å²) < 4.78 is 6.66. The minimum atomic E-state index is -0.529. The molecule has 1 saturated carbocycles. The standard InChI is InChI=1S/C18H22BrN3O/c1-11-16(20)22-18(21-11)15-9-13(19)4-3-12(15)10-17(18)7-5-14(23-2)6-8-17/h3-4,9,14H,5-8,10H2,1-2H3,(H2,20,22)/t14?,17?,18-/m0/s1. The van der Waals surface area contributed by atoms with Gasteiger partial charge >= 0.3 is 0 Å². The average Bonchev–Trinajstić information content (AvgIpc) is 2.97. The molecule has 1 aromatic carbocycles. The van der Waals surface area contributed by atoms with Crippen LogP contribution < -0.4 is 5.73 Å². The zero-order chi connectivity index (χ0) is 16.2. The minimum absolute atomic E-state index is 0.0353. The third-order valence-corrected chi connectivity index (χ3v) is 6.41. The lowest BCUT2D eigenvalue weighted by Crippen LogP contribution is -2.43. The molecule has 0 bridgehead atoms. The second kappa shape index (κ2) is 5.15. The van der Waals surface area contributed by atoms with Crippen LogP contribution in [0.15, 0.2) is 32.7 Å². The van der Waals surface area contributed by atoms with E-state index in [-0.39, 0.29) is 5.41 Å². The zero-order valence-corrected chi connectivity index (χ0v) is 15.2. The first-order valence-electron chi connectivity index (χ1n) is 8.23. The Morgan fingerprint density at radius 1 is 1.26 bits per heavy atom. The van der Waals surface area contributed by atoms with Crippen molar-refractivity contribution in [3.63, 3.8) is 0 Å². The van der Waals surface area contributed by atoms with Crippen LogP contribution in [0.2, 0.25) is 0 Å². The van der Waals surface area contributed by atoms with Crippen LogP contribution in [0, 0.1) is 5.41 Å². The van der Waals surface area contributed by atoms with Gasteiger partial charge in [-0.1, -0.05) is 22.0 Å². The number of benzene rings is 1. The van der Waals surface area contributed by atoms with Crippen LogP contribution in [0.3, 0.4) is 0 Å². The average molecular weight is 376 g/mol. The minimum Gasteiger partial charge on any atom is -0.382 e. The quantitative estimate of drug-likeness (QED) is 0.815. The molecule has 1 heterocycles. The van der Waals surface area contributed by atoms with Crippen molar-refractivity contribution in [2.75, 3.05) is 7.11 Å². The maximum Gasteiger partial charge on any atom is 0.184 e. The van der Waals surface area contributed by atoms with Crippen LogP contribution in [-0.2, 0) is 16.8 Å². The molecule has 0 aromatic heterocycles. The second-order valence-electron chi connectivity index (χ2n) is 7.06. The monoisotopic (exact) mass is 375 g/mol. The Labute approximate surface area is 145 Å². The first kappa shape index (κ1) is 15.3. The molecule has 5 heteroatoms. The smallest absolute Gasteiger partial charge is 0.184 e. The molecule has 1 aliphatic heterocycles. The molecule has 0 saturated heterocycles. The molecule has 0 radical (unpaired) electrons. The van der Waals surface area contributed by atoms with Crippen molar-refractivity contribution in [2.45, 2.75) is 50.8 Å². The van der Waals surface area contributed by atoms with Crippen LogP contribution in [0.5, 0.6) is 0 Å². The Morgan fingerprint density at radius 2 is 2.00 bits per heavy atom. The molecule has 23 heavy (non-hydrogen) atoms. The van der Waals surface area contributed by atoms with Crippen molar-refractivity contribution in [3.8, 4) is 0 Å². The molecule has 3 aliphatic rings. The molecule has 122 valence electrons. The number of nitrogens with zero attached hydrogens (tertiary/aromatic N) is 2. The van der Waals surface area contributed by atoms with Gasteiger partial charge < -0.3 is 10.5 Å². The van der Waals surface area contributed by atoms with E-state index >= 15 is 0 Å². The number of amidine groups is 1. The summed E-state index contributed by atoms with van der Waals surface area (Å²) in [6, 6.07) is 6.52. The lowest BCUT2D eigenvalue weighted by molar-refractivity contribution is -0.000382. The van der Waals surface area contributed by atoms with Crippen LogP contribution in [-0.4, -0.2) is 24.8 Å². The van der Waals surface area contributed by atoms with Crippen molar-refractivity contribution in [2.24, 2.45) is 21.1 Å². The first-order chi connectivity index (χ1) is 11.0. The number of nitrogens with two attached hydrogens (primary N) is 1. The normalized spacial score (nSPS) is 35.5.